The smallest absolute Gasteiger partial charge is 0.407 e. The molecule has 0 saturated heterocycles. The van der Waals surface area contributed by atoms with E-state index in [0.29, 0.717) is 13.2 Å². The summed E-state index contributed by atoms with van der Waals surface area (Å²) < 4.78 is 10.1. The van der Waals surface area contributed by atoms with Crippen LogP contribution in [0.4, 0.5) is 4.79 Å². The average Bonchev–Trinajstić information content (AvgIpc) is 2.40. The van der Waals surface area contributed by atoms with Gasteiger partial charge in [0.25, 0.3) is 0 Å². The molecule has 1 rings (SSSR count). The zero-order chi connectivity index (χ0) is 15.7. The van der Waals surface area contributed by atoms with Crippen molar-refractivity contribution in [2.24, 2.45) is 0 Å². The molecule has 116 valence electrons. The quantitative estimate of drug-likeness (QED) is 0.791. The monoisotopic (exact) mass is 293 g/mol. The molecule has 0 bridgehead atoms. The van der Waals surface area contributed by atoms with E-state index in [-0.39, 0.29) is 6.79 Å². The van der Waals surface area contributed by atoms with Gasteiger partial charge in [-0.25, -0.2) is 4.79 Å². The second kappa shape index (κ2) is 8.44. The molecule has 1 aromatic carbocycles. The molecule has 0 heterocycles. The zero-order valence-electron chi connectivity index (χ0n) is 12.8. The van der Waals surface area contributed by atoms with Crippen molar-refractivity contribution in [3.8, 4) is 0 Å². The number of hydrogen-bond acceptors (Lipinski definition) is 4. The summed E-state index contributed by atoms with van der Waals surface area (Å²) in [7, 11) is 0. The molecular formula is C16H23NO4. The van der Waals surface area contributed by atoms with Gasteiger partial charge in [0.05, 0.1) is 6.61 Å². The van der Waals surface area contributed by atoms with Gasteiger partial charge in [-0.3, -0.25) is 0 Å². The van der Waals surface area contributed by atoms with Crippen LogP contribution in [0.3, 0.4) is 0 Å². The van der Waals surface area contributed by atoms with Gasteiger partial charge >= 0.3 is 6.09 Å². The van der Waals surface area contributed by atoms with Crippen molar-refractivity contribution in [2.75, 3.05) is 13.3 Å². The van der Waals surface area contributed by atoms with Crippen LogP contribution in [0.2, 0.25) is 0 Å². The van der Waals surface area contributed by atoms with E-state index in [1.165, 1.54) is 0 Å². The van der Waals surface area contributed by atoms with E-state index < -0.39 is 11.7 Å². The predicted octanol–water partition coefficient (Wildman–Crippen LogP) is 2.69. The lowest BCUT2D eigenvalue weighted by Gasteiger charge is -2.19. The largest absolute Gasteiger partial charge is 0.444 e. The fourth-order valence-electron chi connectivity index (χ4n) is 1.63. The van der Waals surface area contributed by atoms with E-state index in [2.05, 4.69) is 5.32 Å². The Hall–Kier alpha value is -1.85. The minimum Gasteiger partial charge on any atom is -0.444 e. The first-order valence-electron chi connectivity index (χ1n) is 6.82. The molecule has 2 N–H and O–H groups in total. The third-order valence-corrected chi connectivity index (χ3v) is 2.46. The number of ether oxygens (including phenoxy) is 2. The first kappa shape index (κ1) is 17.2. The Balaban J connectivity index is 2.48. The van der Waals surface area contributed by atoms with Gasteiger partial charge in [-0.1, -0.05) is 36.4 Å². The van der Waals surface area contributed by atoms with Gasteiger partial charge in [-0.05, 0) is 31.9 Å². The summed E-state index contributed by atoms with van der Waals surface area (Å²) in [5.41, 5.74) is 1.46. The third-order valence-electron chi connectivity index (χ3n) is 2.46. The van der Waals surface area contributed by atoms with Gasteiger partial charge < -0.3 is 19.9 Å². The van der Waals surface area contributed by atoms with Gasteiger partial charge in [0, 0.05) is 6.54 Å². The van der Waals surface area contributed by atoms with E-state index in [9.17, 15) is 4.79 Å². The lowest BCUT2D eigenvalue weighted by atomic mass is 10.1. The zero-order valence-corrected chi connectivity index (χ0v) is 12.8. The van der Waals surface area contributed by atoms with E-state index in [4.69, 9.17) is 14.6 Å². The van der Waals surface area contributed by atoms with Gasteiger partial charge in [0.15, 0.2) is 0 Å². The highest BCUT2D eigenvalue weighted by Crippen LogP contribution is 2.12. The van der Waals surface area contributed by atoms with Crippen LogP contribution >= 0.6 is 0 Å². The average molecular weight is 293 g/mol. The van der Waals surface area contributed by atoms with Crippen molar-refractivity contribution in [2.45, 2.75) is 33.0 Å². The van der Waals surface area contributed by atoms with Crippen LogP contribution in [0.15, 0.2) is 30.3 Å². The highest BCUT2D eigenvalue weighted by molar-refractivity contribution is 5.68. The number of carbonyl (C=O) groups excluding carboxylic acids is 1. The molecule has 5 nitrogen and oxygen atoms in total. The molecule has 0 aromatic heterocycles. The number of carbonyl (C=O) groups is 1. The Morgan fingerprint density at radius 2 is 2.05 bits per heavy atom. The van der Waals surface area contributed by atoms with E-state index in [1.54, 1.807) is 0 Å². The highest BCUT2D eigenvalue weighted by atomic mass is 16.6. The SMILES string of the molecule is CC(C)(C)OC(=O)NC/C=C/c1ccccc1COCO. The number of aliphatic hydroxyl groups excluding tert-OH is 1. The van der Waals surface area contributed by atoms with Gasteiger partial charge in [0.1, 0.15) is 12.4 Å². The Kier molecular flexibility index (Phi) is 6.91. The van der Waals surface area contributed by atoms with Gasteiger partial charge in [-0.15, -0.1) is 0 Å². The predicted molar refractivity (Wildman–Crippen MR) is 81.6 cm³/mol. The van der Waals surface area contributed by atoms with Gasteiger partial charge in [0.2, 0.25) is 0 Å². The molecule has 0 aliphatic heterocycles. The molecule has 0 aliphatic rings. The van der Waals surface area contributed by atoms with Crippen molar-refractivity contribution < 1.29 is 19.4 Å². The Morgan fingerprint density at radius 1 is 1.33 bits per heavy atom. The third kappa shape index (κ3) is 7.48. The molecular weight excluding hydrogens is 270 g/mol. The summed E-state index contributed by atoms with van der Waals surface area (Å²) in [6.45, 7) is 5.87. The summed E-state index contributed by atoms with van der Waals surface area (Å²) in [5, 5.41) is 11.3. The fourth-order valence-corrected chi connectivity index (χ4v) is 1.63. The number of aliphatic hydroxyl groups is 1. The Labute approximate surface area is 125 Å². The van der Waals surface area contributed by atoms with Crippen LogP contribution in [0, 0.1) is 0 Å². The summed E-state index contributed by atoms with van der Waals surface area (Å²) >= 11 is 0. The maximum Gasteiger partial charge on any atom is 0.407 e. The fraction of sp³-hybridized carbons (Fsp3) is 0.438. The molecule has 1 amide bonds. The van der Waals surface area contributed by atoms with Crippen LogP contribution in [0.25, 0.3) is 6.08 Å². The van der Waals surface area contributed by atoms with E-state index in [0.717, 1.165) is 11.1 Å². The molecule has 0 atom stereocenters. The minimum atomic E-state index is -0.498. The summed E-state index contributed by atoms with van der Waals surface area (Å²) in [4.78, 5) is 11.5. The first-order valence-corrected chi connectivity index (χ1v) is 6.82. The lowest BCUT2D eigenvalue weighted by Crippen LogP contribution is -2.32. The van der Waals surface area contributed by atoms with Crippen LogP contribution in [-0.4, -0.2) is 30.1 Å². The normalized spacial score (nSPS) is 11.6. The van der Waals surface area contributed by atoms with Crippen molar-refractivity contribution in [1.82, 2.24) is 5.32 Å². The maximum absolute atomic E-state index is 11.5. The molecule has 0 saturated carbocycles. The number of hydrogen-bond donors (Lipinski definition) is 2. The number of benzene rings is 1. The highest BCUT2D eigenvalue weighted by Gasteiger charge is 2.14. The topological polar surface area (TPSA) is 67.8 Å². The van der Waals surface area contributed by atoms with E-state index >= 15 is 0 Å². The molecule has 0 aliphatic carbocycles. The van der Waals surface area contributed by atoms with Gasteiger partial charge in [-0.2, -0.15) is 0 Å². The van der Waals surface area contributed by atoms with Crippen molar-refractivity contribution in [3.63, 3.8) is 0 Å². The molecule has 0 radical (unpaired) electrons. The van der Waals surface area contributed by atoms with Crippen LogP contribution < -0.4 is 5.32 Å². The summed E-state index contributed by atoms with van der Waals surface area (Å²) in [6.07, 6.45) is 3.29. The number of rotatable bonds is 6. The number of amides is 1. The Bertz CT molecular complexity index is 477. The maximum atomic E-state index is 11.5. The summed E-state index contributed by atoms with van der Waals surface area (Å²) in [5.74, 6) is 0. The minimum absolute atomic E-state index is 0.307. The molecule has 0 fully saturated rings. The Morgan fingerprint density at radius 3 is 2.71 bits per heavy atom. The van der Waals surface area contributed by atoms with Crippen LogP contribution in [0.1, 0.15) is 31.9 Å². The van der Waals surface area contributed by atoms with E-state index in [1.807, 2.05) is 57.2 Å². The second-order valence-corrected chi connectivity index (χ2v) is 5.46. The second-order valence-electron chi connectivity index (χ2n) is 5.46. The van der Waals surface area contributed by atoms with Crippen LogP contribution in [-0.2, 0) is 16.1 Å². The number of nitrogens with one attached hydrogen (secondary N) is 1. The molecule has 1 aromatic rings. The van der Waals surface area contributed by atoms with Crippen molar-refractivity contribution >= 4 is 12.2 Å². The number of alkyl carbamates (subject to hydrolysis) is 1. The first-order chi connectivity index (χ1) is 9.92. The molecule has 5 heteroatoms. The molecule has 0 spiro atoms. The van der Waals surface area contributed by atoms with Crippen LogP contribution in [0.5, 0.6) is 0 Å². The standard InChI is InChI=1S/C16H23NO4/c1-16(2,3)21-15(19)17-10-6-9-13-7-4-5-8-14(13)11-20-12-18/h4-9,18H,10-12H2,1-3H3,(H,17,19)/b9-6+. The molecule has 0 unspecified atom stereocenters. The lowest BCUT2D eigenvalue weighted by molar-refractivity contribution is -0.0113. The summed E-state index contributed by atoms with van der Waals surface area (Å²) in [6, 6.07) is 7.70. The van der Waals surface area contributed by atoms with Crippen molar-refractivity contribution in [3.05, 3.63) is 41.5 Å². The van der Waals surface area contributed by atoms with Crippen molar-refractivity contribution in [1.29, 1.82) is 0 Å². The molecule has 21 heavy (non-hydrogen) atoms.